The molecule has 0 amide bonds. The molecule has 1 aromatic heterocycles. The van der Waals surface area contributed by atoms with Crippen LogP contribution in [0.1, 0.15) is 50.8 Å². The van der Waals surface area contributed by atoms with E-state index in [-0.39, 0.29) is 4.74 Å². The van der Waals surface area contributed by atoms with E-state index in [0.717, 1.165) is 5.56 Å². The summed E-state index contributed by atoms with van der Waals surface area (Å²) < 4.78 is 2.23. The van der Waals surface area contributed by atoms with E-state index >= 15 is 0 Å². The van der Waals surface area contributed by atoms with Crippen LogP contribution in [-0.2, 0) is 7.05 Å². The smallest absolute Gasteiger partial charge is 0.253 e. The van der Waals surface area contributed by atoms with Gasteiger partial charge < -0.3 is 3.96 Å². The van der Waals surface area contributed by atoms with Crippen LogP contribution in [0.4, 0.5) is 0 Å². The molecule has 1 aromatic rings. The van der Waals surface area contributed by atoms with E-state index in [1.807, 2.05) is 11.0 Å². The van der Waals surface area contributed by atoms with Gasteiger partial charge in [-0.1, -0.05) is 27.7 Å². The minimum atomic E-state index is 0.223. The number of nitrogens with zero attached hydrogens (tertiary/aromatic N) is 1. The Hall–Kier alpha value is -0.570. The fourth-order valence-corrected chi connectivity index (χ4v) is 2.80. The van der Waals surface area contributed by atoms with Crippen LogP contribution < -0.4 is 4.74 Å². The number of aromatic nitrogens is 1. The lowest BCUT2D eigenvalue weighted by Gasteiger charge is -2.11. The molecule has 0 fully saturated rings. The van der Waals surface area contributed by atoms with Crippen LogP contribution in [0.2, 0.25) is 0 Å². The number of rotatable bonds is 2. The Kier molecular flexibility index (Phi) is 2.96. The second-order valence-electron chi connectivity index (χ2n) is 3.98. The van der Waals surface area contributed by atoms with Gasteiger partial charge in [0.25, 0.3) is 4.74 Å². The van der Waals surface area contributed by atoms with Gasteiger partial charge in [0, 0.05) is 18.3 Å². The van der Waals surface area contributed by atoms with Crippen molar-refractivity contribution in [1.82, 2.24) is 3.96 Å². The average Bonchev–Trinajstić information content (AvgIpc) is 2.24. The molecule has 1 heterocycles. The molecular weight excluding hydrogens is 182 g/mol. The first-order valence-electron chi connectivity index (χ1n) is 4.65. The van der Waals surface area contributed by atoms with Crippen molar-refractivity contribution < 1.29 is 0 Å². The van der Waals surface area contributed by atoms with Crippen LogP contribution in [0, 0.1) is 0 Å². The van der Waals surface area contributed by atoms with E-state index in [2.05, 4.69) is 27.7 Å². The predicted molar refractivity (Wildman–Crippen MR) is 57.7 cm³/mol. The summed E-state index contributed by atoms with van der Waals surface area (Å²) in [5.41, 5.74) is 2.20. The second kappa shape index (κ2) is 3.66. The highest BCUT2D eigenvalue weighted by Gasteiger charge is 2.18. The highest BCUT2D eigenvalue weighted by atomic mass is 32.1. The molecule has 0 aliphatic rings. The standard InChI is InChI=1S/C10H17NOS/c1-6(2)8-9(7(3)4)11(5)13-10(8)12/h6-7H,1-5H3. The van der Waals surface area contributed by atoms with Gasteiger partial charge in [-0.15, -0.1) is 0 Å². The van der Waals surface area contributed by atoms with Crippen LogP contribution >= 0.6 is 11.5 Å². The highest BCUT2D eigenvalue weighted by molar-refractivity contribution is 7.04. The lowest BCUT2D eigenvalue weighted by Crippen LogP contribution is -2.07. The zero-order valence-electron chi connectivity index (χ0n) is 8.92. The maximum atomic E-state index is 11.6. The lowest BCUT2D eigenvalue weighted by molar-refractivity contribution is 0.727. The monoisotopic (exact) mass is 199 g/mol. The van der Waals surface area contributed by atoms with Crippen molar-refractivity contribution in [3.05, 3.63) is 20.8 Å². The van der Waals surface area contributed by atoms with Crippen LogP contribution in [0.3, 0.4) is 0 Å². The zero-order valence-corrected chi connectivity index (χ0v) is 9.73. The summed E-state index contributed by atoms with van der Waals surface area (Å²) in [6.45, 7) is 8.42. The summed E-state index contributed by atoms with van der Waals surface area (Å²) in [7, 11) is 1.97. The van der Waals surface area contributed by atoms with Crippen LogP contribution in [0.15, 0.2) is 4.79 Å². The molecular formula is C10H17NOS. The molecule has 0 unspecified atom stereocenters. The summed E-state index contributed by atoms with van der Waals surface area (Å²) >= 11 is 1.31. The Morgan fingerprint density at radius 2 is 1.69 bits per heavy atom. The third kappa shape index (κ3) is 1.85. The summed E-state index contributed by atoms with van der Waals surface area (Å²) in [4.78, 5) is 11.6. The van der Waals surface area contributed by atoms with Gasteiger partial charge in [-0.05, 0) is 23.4 Å². The number of hydrogen-bond donors (Lipinski definition) is 0. The highest BCUT2D eigenvalue weighted by Crippen LogP contribution is 2.24. The van der Waals surface area contributed by atoms with E-state index in [9.17, 15) is 4.79 Å². The van der Waals surface area contributed by atoms with E-state index in [0.29, 0.717) is 11.8 Å². The van der Waals surface area contributed by atoms with Gasteiger partial charge in [0.15, 0.2) is 0 Å². The van der Waals surface area contributed by atoms with Crippen molar-refractivity contribution in [2.24, 2.45) is 7.05 Å². The molecule has 2 nitrogen and oxygen atoms in total. The Morgan fingerprint density at radius 3 is 2.00 bits per heavy atom. The van der Waals surface area contributed by atoms with E-state index < -0.39 is 0 Å². The van der Waals surface area contributed by atoms with Crippen molar-refractivity contribution in [3.63, 3.8) is 0 Å². The molecule has 0 spiro atoms. The average molecular weight is 199 g/mol. The topological polar surface area (TPSA) is 22.0 Å². The summed E-state index contributed by atoms with van der Waals surface area (Å²) in [6, 6.07) is 0. The number of aryl methyl sites for hydroxylation is 1. The molecule has 0 bridgehead atoms. The molecule has 74 valence electrons. The molecule has 0 N–H and O–H groups in total. The molecule has 0 saturated carbocycles. The van der Waals surface area contributed by atoms with Gasteiger partial charge in [0.1, 0.15) is 0 Å². The zero-order chi connectivity index (χ0) is 10.2. The SMILES string of the molecule is CC(C)c1c(C(C)C)n(C)sc1=O. The molecule has 0 atom stereocenters. The van der Waals surface area contributed by atoms with Gasteiger partial charge in [-0.3, -0.25) is 4.79 Å². The quantitative estimate of drug-likeness (QED) is 0.717. The summed E-state index contributed by atoms with van der Waals surface area (Å²) in [5.74, 6) is 0.767. The lowest BCUT2D eigenvalue weighted by atomic mass is 9.98. The second-order valence-corrected chi connectivity index (χ2v) is 5.09. The fourth-order valence-electron chi connectivity index (χ4n) is 1.70. The maximum Gasteiger partial charge on any atom is 0.253 e. The van der Waals surface area contributed by atoms with E-state index in [1.165, 1.54) is 17.2 Å². The number of hydrogen-bond acceptors (Lipinski definition) is 2. The van der Waals surface area contributed by atoms with Crippen molar-refractivity contribution in [2.75, 3.05) is 0 Å². The van der Waals surface area contributed by atoms with Crippen molar-refractivity contribution in [3.8, 4) is 0 Å². The third-order valence-electron chi connectivity index (χ3n) is 2.18. The summed E-state index contributed by atoms with van der Waals surface area (Å²) in [5, 5.41) is 0. The van der Waals surface area contributed by atoms with Gasteiger partial charge in [-0.25, -0.2) is 0 Å². The van der Waals surface area contributed by atoms with Crippen LogP contribution in [-0.4, -0.2) is 3.96 Å². The Bertz CT molecular complexity index is 346. The minimum absolute atomic E-state index is 0.223. The molecule has 0 aromatic carbocycles. The fraction of sp³-hybridized carbons (Fsp3) is 0.700. The predicted octanol–water partition coefficient (Wildman–Crippen LogP) is 2.69. The maximum absolute atomic E-state index is 11.6. The molecule has 0 saturated heterocycles. The van der Waals surface area contributed by atoms with Crippen molar-refractivity contribution in [2.45, 2.75) is 39.5 Å². The molecule has 0 aliphatic heterocycles. The van der Waals surface area contributed by atoms with Gasteiger partial charge >= 0.3 is 0 Å². The Morgan fingerprint density at radius 1 is 1.15 bits per heavy atom. The van der Waals surface area contributed by atoms with E-state index in [4.69, 9.17) is 0 Å². The molecule has 0 radical (unpaired) electrons. The summed E-state index contributed by atoms with van der Waals surface area (Å²) in [6.07, 6.45) is 0. The first-order valence-corrected chi connectivity index (χ1v) is 5.42. The first kappa shape index (κ1) is 10.5. The van der Waals surface area contributed by atoms with Gasteiger partial charge in [0.2, 0.25) is 0 Å². The molecule has 13 heavy (non-hydrogen) atoms. The third-order valence-corrected chi connectivity index (χ3v) is 3.04. The van der Waals surface area contributed by atoms with E-state index in [1.54, 1.807) is 0 Å². The minimum Gasteiger partial charge on any atom is -0.301 e. The van der Waals surface area contributed by atoms with Gasteiger partial charge in [0.05, 0.1) is 0 Å². The molecule has 1 rings (SSSR count). The van der Waals surface area contributed by atoms with Crippen molar-refractivity contribution >= 4 is 11.5 Å². The Balaban J connectivity index is 3.38. The van der Waals surface area contributed by atoms with Crippen LogP contribution in [0.5, 0.6) is 0 Å². The van der Waals surface area contributed by atoms with Crippen molar-refractivity contribution in [1.29, 1.82) is 0 Å². The van der Waals surface area contributed by atoms with Crippen LogP contribution in [0.25, 0.3) is 0 Å². The molecule has 3 heteroatoms. The Labute approximate surface area is 83.4 Å². The van der Waals surface area contributed by atoms with Gasteiger partial charge in [-0.2, -0.15) is 0 Å². The molecule has 0 aliphatic carbocycles. The first-order chi connectivity index (χ1) is 5.95. The normalized spacial score (nSPS) is 11.6. The largest absolute Gasteiger partial charge is 0.301 e.